The fourth-order valence-electron chi connectivity index (χ4n) is 3.94. The molecule has 0 heteroatoms. The first-order valence-corrected chi connectivity index (χ1v) is 9.66. The van der Waals surface area contributed by atoms with Crippen LogP contribution < -0.4 is 0 Å². The molecule has 3 aromatic carbocycles. The Labute approximate surface area is 152 Å². The third kappa shape index (κ3) is 3.95. The van der Waals surface area contributed by atoms with Crippen LogP contribution in [0, 0.1) is 0 Å². The lowest BCUT2D eigenvalue weighted by Gasteiger charge is -2.10. The quantitative estimate of drug-likeness (QED) is 0.464. The van der Waals surface area contributed by atoms with E-state index in [9.17, 15) is 0 Å². The van der Waals surface area contributed by atoms with Crippen LogP contribution in [0.25, 0.3) is 10.8 Å². The van der Waals surface area contributed by atoms with Gasteiger partial charge in [-0.2, -0.15) is 0 Å². The number of benzene rings is 3. The van der Waals surface area contributed by atoms with Gasteiger partial charge >= 0.3 is 0 Å². The highest BCUT2D eigenvalue weighted by Crippen LogP contribution is 2.29. The third-order valence-electron chi connectivity index (χ3n) is 5.25. The molecule has 0 heterocycles. The first-order valence-electron chi connectivity index (χ1n) is 9.66. The topological polar surface area (TPSA) is 0 Å². The highest BCUT2D eigenvalue weighted by atomic mass is 14.2. The van der Waals surface area contributed by atoms with Crippen molar-refractivity contribution < 1.29 is 0 Å². The molecule has 25 heavy (non-hydrogen) atoms. The molecule has 0 amide bonds. The zero-order chi connectivity index (χ0) is 17.8. The molecule has 0 bridgehead atoms. The van der Waals surface area contributed by atoms with E-state index in [2.05, 4.69) is 88.4 Å². The first kappa shape index (κ1) is 17.7. The molecule has 0 saturated carbocycles. The average Bonchev–Trinajstić information content (AvgIpc) is 3.10. The van der Waals surface area contributed by atoms with Crippen molar-refractivity contribution in [3.8, 4) is 0 Å². The smallest absolute Gasteiger partial charge is 0.0149 e. The van der Waals surface area contributed by atoms with Crippen LogP contribution in [0.2, 0.25) is 0 Å². The van der Waals surface area contributed by atoms with Crippen LogP contribution in [0.4, 0.5) is 0 Å². The standard InChI is InChI=1S/C13H14.C12H16/c1-10(2)12-9-5-7-11-6-3-4-8-13(11)12;1-9(2)11-7-3-5-10-6-4-8-12(10)11/h3-10H,1-2H3;3,5,7,9H,4,6,8H2,1-2H3. The number of hydrogen-bond acceptors (Lipinski definition) is 0. The monoisotopic (exact) mass is 330 g/mol. The molecular formula is C25H30. The van der Waals surface area contributed by atoms with Crippen LogP contribution in [0.5, 0.6) is 0 Å². The van der Waals surface area contributed by atoms with E-state index in [1.165, 1.54) is 35.6 Å². The Kier molecular flexibility index (Phi) is 5.58. The second kappa shape index (κ2) is 7.87. The summed E-state index contributed by atoms with van der Waals surface area (Å²) in [7, 11) is 0. The van der Waals surface area contributed by atoms with E-state index in [0.29, 0.717) is 11.8 Å². The van der Waals surface area contributed by atoms with E-state index < -0.39 is 0 Å². The minimum Gasteiger partial charge on any atom is -0.0617 e. The summed E-state index contributed by atoms with van der Waals surface area (Å²) < 4.78 is 0. The molecule has 0 atom stereocenters. The number of hydrogen-bond donors (Lipinski definition) is 0. The fraction of sp³-hybridized carbons (Fsp3) is 0.360. The molecule has 0 aromatic heterocycles. The van der Waals surface area contributed by atoms with Gasteiger partial charge in [-0.05, 0) is 64.1 Å². The van der Waals surface area contributed by atoms with Crippen molar-refractivity contribution >= 4 is 10.8 Å². The lowest BCUT2D eigenvalue weighted by molar-refractivity contribution is 0.838. The maximum Gasteiger partial charge on any atom is -0.0149 e. The summed E-state index contributed by atoms with van der Waals surface area (Å²) in [6.07, 6.45) is 3.97. The van der Waals surface area contributed by atoms with Crippen LogP contribution in [-0.2, 0) is 12.8 Å². The van der Waals surface area contributed by atoms with Crippen molar-refractivity contribution in [2.45, 2.75) is 58.8 Å². The Bertz CT molecular complexity index is 834. The Morgan fingerprint density at radius 2 is 1.28 bits per heavy atom. The molecule has 0 spiro atoms. The zero-order valence-electron chi connectivity index (χ0n) is 16.0. The van der Waals surface area contributed by atoms with Gasteiger partial charge in [0, 0.05) is 0 Å². The van der Waals surface area contributed by atoms with Crippen LogP contribution >= 0.6 is 0 Å². The molecule has 3 aromatic rings. The van der Waals surface area contributed by atoms with Gasteiger partial charge in [0.2, 0.25) is 0 Å². The van der Waals surface area contributed by atoms with Crippen molar-refractivity contribution in [3.05, 3.63) is 82.9 Å². The van der Waals surface area contributed by atoms with Gasteiger partial charge in [0.15, 0.2) is 0 Å². The van der Waals surface area contributed by atoms with Crippen molar-refractivity contribution in [3.63, 3.8) is 0 Å². The van der Waals surface area contributed by atoms with Gasteiger partial charge in [0.1, 0.15) is 0 Å². The van der Waals surface area contributed by atoms with E-state index in [4.69, 9.17) is 0 Å². The summed E-state index contributed by atoms with van der Waals surface area (Å²) >= 11 is 0. The van der Waals surface area contributed by atoms with Gasteiger partial charge in [0.25, 0.3) is 0 Å². The van der Waals surface area contributed by atoms with Gasteiger partial charge in [-0.3, -0.25) is 0 Å². The average molecular weight is 331 g/mol. The molecule has 0 aliphatic heterocycles. The SMILES string of the molecule is CC(C)c1cccc2c1CCC2.CC(C)c1cccc2ccccc12. The van der Waals surface area contributed by atoms with Crippen molar-refractivity contribution in [1.29, 1.82) is 0 Å². The molecule has 0 nitrogen and oxygen atoms in total. The van der Waals surface area contributed by atoms with Crippen molar-refractivity contribution in [2.24, 2.45) is 0 Å². The summed E-state index contributed by atoms with van der Waals surface area (Å²) in [6, 6.07) is 21.9. The van der Waals surface area contributed by atoms with Gasteiger partial charge in [0.05, 0.1) is 0 Å². The highest BCUT2D eigenvalue weighted by molar-refractivity contribution is 5.86. The summed E-state index contributed by atoms with van der Waals surface area (Å²) in [5.74, 6) is 1.30. The maximum absolute atomic E-state index is 2.29. The van der Waals surface area contributed by atoms with Gasteiger partial charge < -0.3 is 0 Å². The summed E-state index contributed by atoms with van der Waals surface area (Å²) in [5.41, 5.74) is 6.26. The lowest BCUT2D eigenvalue weighted by Crippen LogP contribution is -1.94. The molecule has 1 aliphatic rings. The Hall–Kier alpha value is -2.08. The Balaban J connectivity index is 0.000000146. The molecule has 130 valence electrons. The normalized spacial score (nSPS) is 13.0. The van der Waals surface area contributed by atoms with Gasteiger partial charge in [-0.15, -0.1) is 0 Å². The van der Waals surface area contributed by atoms with E-state index >= 15 is 0 Å². The largest absolute Gasteiger partial charge is 0.0617 e. The van der Waals surface area contributed by atoms with Crippen molar-refractivity contribution in [2.75, 3.05) is 0 Å². The molecule has 0 fully saturated rings. The molecule has 0 N–H and O–H groups in total. The molecular weight excluding hydrogens is 300 g/mol. The predicted molar refractivity (Wildman–Crippen MR) is 111 cm³/mol. The Morgan fingerprint density at radius 3 is 2.04 bits per heavy atom. The maximum atomic E-state index is 2.29. The molecule has 0 saturated heterocycles. The second-order valence-electron chi connectivity index (χ2n) is 7.72. The van der Waals surface area contributed by atoms with E-state index in [-0.39, 0.29) is 0 Å². The molecule has 1 aliphatic carbocycles. The van der Waals surface area contributed by atoms with E-state index in [0.717, 1.165) is 0 Å². The number of aryl methyl sites for hydroxylation is 1. The summed E-state index contributed by atoms with van der Waals surface area (Å²) in [5, 5.41) is 2.73. The Morgan fingerprint density at radius 1 is 0.640 bits per heavy atom. The second-order valence-corrected chi connectivity index (χ2v) is 7.72. The predicted octanol–water partition coefficient (Wildman–Crippen LogP) is 7.26. The number of rotatable bonds is 2. The summed E-state index contributed by atoms with van der Waals surface area (Å²) in [6.45, 7) is 9.05. The molecule has 0 radical (unpaired) electrons. The molecule has 0 unspecified atom stereocenters. The van der Waals surface area contributed by atoms with E-state index in [1.807, 2.05) is 0 Å². The minimum atomic E-state index is 0.603. The zero-order valence-corrected chi connectivity index (χ0v) is 16.0. The highest BCUT2D eigenvalue weighted by Gasteiger charge is 2.15. The first-order chi connectivity index (χ1) is 12.1. The van der Waals surface area contributed by atoms with Gasteiger partial charge in [-0.1, -0.05) is 88.4 Å². The van der Waals surface area contributed by atoms with Crippen molar-refractivity contribution in [1.82, 2.24) is 0 Å². The van der Waals surface area contributed by atoms with Crippen LogP contribution in [0.15, 0.2) is 60.7 Å². The minimum absolute atomic E-state index is 0.603. The van der Waals surface area contributed by atoms with Gasteiger partial charge in [-0.25, -0.2) is 0 Å². The summed E-state index contributed by atoms with van der Waals surface area (Å²) in [4.78, 5) is 0. The lowest BCUT2D eigenvalue weighted by atomic mass is 9.95. The fourth-order valence-corrected chi connectivity index (χ4v) is 3.94. The van der Waals surface area contributed by atoms with Crippen LogP contribution in [0.1, 0.15) is 68.2 Å². The van der Waals surface area contributed by atoms with E-state index in [1.54, 1.807) is 16.7 Å². The number of fused-ring (bicyclic) bond motifs is 2. The third-order valence-corrected chi connectivity index (χ3v) is 5.25. The van der Waals surface area contributed by atoms with Crippen LogP contribution in [-0.4, -0.2) is 0 Å². The molecule has 4 rings (SSSR count). The van der Waals surface area contributed by atoms with Crippen LogP contribution in [0.3, 0.4) is 0 Å².